The number of rotatable bonds is 6. The van der Waals surface area contributed by atoms with Crippen LogP contribution in [0.15, 0.2) is 66.1 Å². The molecule has 0 saturated carbocycles. The molecule has 0 N–H and O–H groups in total. The van der Waals surface area contributed by atoms with Crippen LogP contribution in [0, 0.1) is 18.3 Å². The fourth-order valence-corrected chi connectivity index (χ4v) is 2.93. The van der Waals surface area contributed by atoms with Gasteiger partial charge >= 0.3 is 0 Å². The van der Waals surface area contributed by atoms with Gasteiger partial charge in [0.25, 0.3) is 5.56 Å². The summed E-state index contributed by atoms with van der Waals surface area (Å²) in [6, 6.07) is 15.1. The van der Waals surface area contributed by atoms with E-state index >= 15 is 0 Å². The lowest BCUT2D eigenvalue weighted by Crippen LogP contribution is -2.25. The van der Waals surface area contributed by atoms with E-state index in [-0.39, 0.29) is 5.56 Å². The molecule has 26 heavy (non-hydrogen) atoms. The Morgan fingerprint density at radius 2 is 2.12 bits per heavy atom. The third kappa shape index (κ3) is 4.05. The van der Waals surface area contributed by atoms with E-state index in [0.29, 0.717) is 30.8 Å². The number of benzene rings is 1. The lowest BCUT2D eigenvalue weighted by atomic mass is 10.1. The normalized spacial score (nSPS) is 10.8. The Hall–Kier alpha value is -3.23. The maximum atomic E-state index is 12.4. The summed E-state index contributed by atoms with van der Waals surface area (Å²) in [5.74, 6) is 0. The first-order valence-electron chi connectivity index (χ1n) is 8.40. The van der Waals surface area contributed by atoms with Gasteiger partial charge in [0.15, 0.2) is 0 Å². The van der Waals surface area contributed by atoms with Crippen molar-refractivity contribution in [2.24, 2.45) is 0 Å². The highest BCUT2D eigenvalue weighted by atomic mass is 16.1. The van der Waals surface area contributed by atoms with Crippen LogP contribution in [0.2, 0.25) is 0 Å². The molecule has 0 aliphatic heterocycles. The summed E-state index contributed by atoms with van der Waals surface area (Å²) in [6.45, 7) is 7.60. The molecule has 0 radical (unpaired) electrons. The quantitative estimate of drug-likeness (QED) is 0.645. The highest BCUT2D eigenvalue weighted by Gasteiger charge is 2.09. The fourth-order valence-electron chi connectivity index (χ4n) is 2.93. The molecule has 0 spiro atoms. The Morgan fingerprint density at radius 1 is 1.27 bits per heavy atom. The van der Waals surface area contributed by atoms with Crippen molar-refractivity contribution in [3.8, 4) is 6.07 Å². The number of pyridine rings is 1. The van der Waals surface area contributed by atoms with Gasteiger partial charge in [0.05, 0.1) is 17.3 Å². The zero-order chi connectivity index (χ0) is 18.5. The molecular formula is C21H20N4O. The van der Waals surface area contributed by atoms with E-state index in [2.05, 4.69) is 22.5 Å². The van der Waals surface area contributed by atoms with Gasteiger partial charge < -0.3 is 0 Å². The number of hydrogen-bond donors (Lipinski definition) is 0. The minimum absolute atomic E-state index is 0.0845. The van der Waals surface area contributed by atoms with E-state index in [0.717, 1.165) is 16.8 Å². The molecule has 3 aromatic rings. The van der Waals surface area contributed by atoms with Gasteiger partial charge in [0.2, 0.25) is 0 Å². The number of fused-ring (bicyclic) bond motifs is 1. The van der Waals surface area contributed by atoms with Gasteiger partial charge in [-0.25, -0.2) is 4.98 Å². The molecule has 5 nitrogen and oxygen atoms in total. The molecule has 1 aromatic carbocycles. The molecule has 0 unspecified atom stereocenters. The number of nitriles is 1. The van der Waals surface area contributed by atoms with Crippen LogP contribution in [0.5, 0.6) is 0 Å². The van der Waals surface area contributed by atoms with E-state index in [1.165, 1.54) is 0 Å². The molecule has 0 fully saturated rings. The SMILES string of the molecule is C=CCN(Cc1cccc(C#N)c1)Cc1cc(=O)n2cc(C)ccc2n1. The minimum Gasteiger partial charge on any atom is -0.290 e. The lowest BCUT2D eigenvalue weighted by molar-refractivity contribution is 0.282. The average Bonchev–Trinajstić information content (AvgIpc) is 2.63. The molecule has 0 aliphatic rings. The second-order valence-electron chi connectivity index (χ2n) is 6.29. The molecule has 5 heteroatoms. The van der Waals surface area contributed by atoms with Gasteiger partial charge in [-0.3, -0.25) is 14.1 Å². The van der Waals surface area contributed by atoms with Crippen molar-refractivity contribution in [3.05, 3.63) is 94.1 Å². The number of nitrogens with zero attached hydrogens (tertiary/aromatic N) is 4. The van der Waals surface area contributed by atoms with Crippen LogP contribution in [0.4, 0.5) is 0 Å². The lowest BCUT2D eigenvalue weighted by Gasteiger charge is -2.20. The van der Waals surface area contributed by atoms with Gasteiger partial charge in [-0.1, -0.05) is 24.3 Å². The van der Waals surface area contributed by atoms with Crippen molar-refractivity contribution in [2.75, 3.05) is 6.54 Å². The first kappa shape index (κ1) is 17.6. The van der Waals surface area contributed by atoms with Crippen LogP contribution in [0.25, 0.3) is 5.65 Å². The van der Waals surface area contributed by atoms with E-state index in [1.807, 2.05) is 43.3 Å². The monoisotopic (exact) mass is 344 g/mol. The summed E-state index contributed by atoms with van der Waals surface area (Å²) in [5.41, 5.74) is 3.97. The smallest absolute Gasteiger partial charge is 0.258 e. The Labute approximate surface area is 152 Å². The molecular weight excluding hydrogens is 324 g/mol. The second-order valence-corrected chi connectivity index (χ2v) is 6.29. The first-order valence-corrected chi connectivity index (χ1v) is 8.40. The zero-order valence-corrected chi connectivity index (χ0v) is 14.7. The van der Waals surface area contributed by atoms with Crippen LogP contribution in [0.3, 0.4) is 0 Å². The standard InChI is InChI=1S/C21H20N4O/c1-3-9-24(14-18-6-4-5-17(10-18)12-22)15-19-11-21(26)25-13-16(2)7-8-20(25)23-19/h3-8,10-11,13H,1,9,14-15H2,2H3. The van der Waals surface area contributed by atoms with Crippen molar-refractivity contribution in [2.45, 2.75) is 20.0 Å². The molecule has 0 atom stereocenters. The molecule has 0 amide bonds. The highest BCUT2D eigenvalue weighted by molar-refractivity contribution is 5.40. The summed E-state index contributed by atoms with van der Waals surface area (Å²) >= 11 is 0. The Morgan fingerprint density at radius 3 is 2.88 bits per heavy atom. The summed E-state index contributed by atoms with van der Waals surface area (Å²) in [5, 5.41) is 9.06. The van der Waals surface area contributed by atoms with E-state index in [4.69, 9.17) is 5.26 Å². The summed E-state index contributed by atoms with van der Waals surface area (Å²) in [7, 11) is 0. The first-order chi connectivity index (χ1) is 12.6. The van der Waals surface area contributed by atoms with E-state index in [9.17, 15) is 4.79 Å². The fraction of sp³-hybridized carbons (Fsp3) is 0.190. The summed E-state index contributed by atoms with van der Waals surface area (Å²) in [6.07, 6.45) is 3.62. The van der Waals surface area contributed by atoms with Gasteiger partial charge in [-0.2, -0.15) is 5.26 Å². The number of aromatic nitrogens is 2. The Bertz CT molecular complexity index is 1050. The molecule has 0 saturated heterocycles. The molecule has 2 aromatic heterocycles. The van der Waals surface area contributed by atoms with E-state index in [1.54, 1.807) is 22.7 Å². The Balaban J connectivity index is 1.87. The summed E-state index contributed by atoms with van der Waals surface area (Å²) < 4.78 is 1.56. The van der Waals surface area contributed by atoms with Crippen molar-refractivity contribution >= 4 is 5.65 Å². The third-order valence-corrected chi connectivity index (χ3v) is 4.10. The molecule has 0 aliphatic carbocycles. The number of hydrogen-bond acceptors (Lipinski definition) is 4. The largest absolute Gasteiger partial charge is 0.290 e. The van der Waals surface area contributed by atoms with Crippen molar-refractivity contribution < 1.29 is 0 Å². The molecule has 0 bridgehead atoms. The predicted molar refractivity (Wildman–Crippen MR) is 102 cm³/mol. The summed E-state index contributed by atoms with van der Waals surface area (Å²) in [4.78, 5) is 19.1. The van der Waals surface area contributed by atoms with Crippen LogP contribution < -0.4 is 5.56 Å². The van der Waals surface area contributed by atoms with Crippen LogP contribution in [-0.4, -0.2) is 20.8 Å². The number of aryl methyl sites for hydroxylation is 1. The van der Waals surface area contributed by atoms with Crippen LogP contribution in [0.1, 0.15) is 22.4 Å². The third-order valence-electron chi connectivity index (χ3n) is 4.10. The van der Waals surface area contributed by atoms with Crippen LogP contribution in [-0.2, 0) is 13.1 Å². The maximum absolute atomic E-state index is 12.4. The zero-order valence-electron chi connectivity index (χ0n) is 14.7. The maximum Gasteiger partial charge on any atom is 0.258 e. The van der Waals surface area contributed by atoms with E-state index < -0.39 is 0 Å². The predicted octanol–water partition coefficient (Wildman–Crippen LogP) is 3.06. The minimum atomic E-state index is -0.0845. The Kier molecular flexibility index (Phi) is 5.26. The van der Waals surface area contributed by atoms with Crippen molar-refractivity contribution in [1.82, 2.24) is 14.3 Å². The van der Waals surface area contributed by atoms with Gasteiger partial charge in [0.1, 0.15) is 5.65 Å². The average molecular weight is 344 g/mol. The van der Waals surface area contributed by atoms with Gasteiger partial charge in [0, 0.05) is 31.9 Å². The molecule has 2 heterocycles. The second kappa shape index (κ2) is 7.77. The topological polar surface area (TPSA) is 61.4 Å². The molecule has 130 valence electrons. The van der Waals surface area contributed by atoms with Crippen LogP contribution >= 0.6 is 0 Å². The van der Waals surface area contributed by atoms with Crippen molar-refractivity contribution in [1.29, 1.82) is 5.26 Å². The highest BCUT2D eigenvalue weighted by Crippen LogP contribution is 2.11. The molecule has 3 rings (SSSR count). The van der Waals surface area contributed by atoms with Crippen molar-refractivity contribution in [3.63, 3.8) is 0 Å². The van der Waals surface area contributed by atoms with Gasteiger partial charge in [-0.05, 0) is 36.2 Å². The van der Waals surface area contributed by atoms with Gasteiger partial charge in [-0.15, -0.1) is 6.58 Å².